The molecule has 0 aromatic rings. The molecular formula is C10H18N2O3. The molecule has 1 fully saturated rings. The summed E-state index contributed by atoms with van der Waals surface area (Å²) in [5, 5.41) is 2.66. The van der Waals surface area contributed by atoms with Crippen molar-refractivity contribution in [2.45, 2.75) is 26.3 Å². The van der Waals surface area contributed by atoms with Crippen LogP contribution in [0.2, 0.25) is 0 Å². The van der Waals surface area contributed by atoms with Gasteiger partial charge < -0.3 is 15.8 Å². The van der Waals surface area contributed by atoms with Gasteiger partial charge in [0.15, 0.2) is 0 Å². The molecular weight excluding hydrogens is 196 g/mol. The van der Waals surface area contributed by atoms with E-state index in [9.17, 15) is 9.59 Å². The van der Waals surface area contributed by atoms with E-state index in [4.69, 9.17) is 10.5 Å². The van der Waals surface area contributed by atoms with Crippen molar-refractivity contribution >= 4 is 11.8 Å². The summed E-state index contributed by atoms with van der Waals surface area (Å²) in [6.07, 6.45) is 0.718. The van der Waals surface area contributed by atoms with Gasteiger partial charge in [-0.2, -0.15) is 0 Å². The zero-order valence-corrected chi connectivity index (χ0v) is 9.16. The minimum Gasteiger partial charge on any atom is -0.381 e. The minimum atomic E-state index is -0.585. The highest BCUT2D eigenvalue weighted by Gasteiger charge is 2.28. The van der Waals surface area contributed by atoms with Gasteiger partial charge in [0, 0.05) is 6.61 Å². The first-order valence-corrected chi connectivity index (χ1v) is 5.19. The molecule has 2 atom stereocenters. The van der Waals surface area contributed by atoms with E-state index in [1.54, 1.807) is 0 Å². The topological polar surface area (TPSA) is 81.4 Å². The molecule has 5 nitrogen and oxygen atoms in total. The lowest BCUT2D eigenvalue weighted by molar-refractivity contribution is -0.130. The standard InChI is InChI=1S/C10H18N2O3/c1-6(2)8(9(11)13)12-10(14)7-3-4-15-5-7/h6-8H,3-5H2,1-2H3,(H2,11,13)(H,12,14)/t7-,8+/m0/s1. The third-order valence-corrected chi connectivity index (χ3v) is 2.57. The Labute approximate surface area is 89.3 Å². The zero-order valence-electron chi connectivity index (χ0n) is 9.16. The van der Waals surface area contributed by atoms with E-state index in [-0.39, 0.29) is 17.7 Å². The van der Waals surface area contributed by atoms with Crippen LogP contribution in [0.3, 0.4) is 0 Å². The Morgan fingerprint density at radius 1 is 1.47 bits per heavy atom. The Morgan fingerprint density at radius 2 is 2.13 bits per heavy atom. The lowest BCUT2D eigenvalue weighted by atomic mass is 10.0. The smallest absolute Gasteiger partial charge is 0.240 e. The van der Waals surface area contributed by atoms with Gasteiger partial charge in [0.25, 0.3) is 0 Å². The van der Waals surface area contributed by atoms with Gasteiger partial charge in [-0.25, -0.2) is 0 Å². The van der Waals surface area contributed by atoms with Crippen molar-refractivity contribution in [1.82, 2.24) is 5.32 Å². The van der Waals surface area contributed by atoms with Gasteiger partial charge in [-0.15, -0.1) is 0 Å². The summed E-state index contributed by atoms with van der Waals surface area (Å²) in [5.74, 6) is -0.748. The van der Waals surface area contributed by atoms with Gasteiger partial charge >= 0.3 is 0 Å². The molecule has 0 aliphatic carbocycles. The van der Waals surface area contributed by atoms with Crippen molar-refractivity contribution in [1.29, 1.82) is 0 Å². The average Bonchev–Trinajstić information content (AvgIpc) is 2.65. The summed E-state index contributed by atoms with van der Waals surface area (Å²) in [6.45, 7) is 4.75. The summed E-state index contributed by atoms with van der Waals surface area (Å²) in [6, 6.07) is -0.585. The van der Waals surface area contributed by atoms with E-state index >= 15 is 0 Å². The molecule has 15 heavy (non-hydrogen) atoms. The van der Waals surface area contributed by atoms with Crippen molar-refractivity contribution in [2.75, 3.05) is 13.2 Å². The average molecular weight is 214 g/mol. The van der Waals surface area contributed by atoms with E-state index in [0.717, 1.165) is 6.42 Å². The lowest BCUT2D eigenvalue weighted by Gasteiger charge is -2.20. The molecule has 0 unspecified atom stereocenters. The van der Waals surface area contributed by atoms with E-state index in [0.29, 0.717) is 13.2 Å². The first-order chi connectivity index (χ1) is 7.02. The summed E-state index contributed by atoms with van der Waals surface area (Å²) >= 11 is 0. The number of amides is 2. The molecule has 0 bridgehead atoms. The summed E-state index contributed by atoms with van der Waals surface area (Å²) in [7, 11) is 0. The molecule has 0 spiro atoms. The number of hydrogen-bond donors (Lipinski definition) is 2. The van der Waals surface area contributed by atoms with Crippen LogP contribution in [0.4, 0.5) is 0 Å². The fourth-order valence-corrected chi connectivity index (χ4v) is 1.58. The van der Waals surface area contributed by atoms with Crippen LogP contribution < -0.4 is 11.1 Å². The molecule has 0 radical (unpaired) electrons. The third-order valence-electron chi connectivity index (χ3n) is 2.57. The first kappa shape index (κ1) is 12.0. The number of ether oxygens (including phenoxy) is 1. The molecule has 1 saturated heterocycles. The predicted molar refractivity (Wildman–Crippen MR) is 54.9 cm³/mol. The molecule has 1 aliphatic rings. The molecule has 3 N–H and O–H groups in total. The second kappa shape index (κ2) is 5.11. The molecule has 1 heterocycles. The van der Waals surface area contributed by atoms with Crippen molar-refractivity contribution in [3.05, 3.63) is 0 Å². The Morgan fingerprint density at radius 3 is 2.53 bits per heavy atom. The minimum absolute atomic E-state index is 0.00812. The molecule has 0 aromatic carbocycles. The van der Waals surface area contributed by atoms with Gasteiger partial charge in [-0.3, -0.25) is 9.59 Å². The highest BCUT2D eigenvalue weighted by Crippen LogP contribution is 2.13. The van der Waals surface area contributed by atoms with Crippen molar-refractivity contribution in [2.24, 2.45) is 17.6 Å². The Bertz CT molecular complexity index is 247. The van der Waals surface area contributed by atoms with Crippen LogP contribution in [0.25, 0.3) is 0 Å². The van der Waals surface area contributed by atoms with Gasteiger partial charge in [0.1, 0.15) is 6.04 Å². The number of nitrogens with two attached hydrogens (primary N) is 1. The maximum atomic E-state index is 11.7. The highest BCUT2D eigenvalue weighted by atomic mass is 16.5. The molecule has 1 aliphatic heterocycles. The molecule has 2 amide bonds. The Kier molecular flexibility index (Phi) is 4.08. The zero-order chi connectivity index (χ0) is 11.4. The molecule has 86 valence electrons. The molecule has 1 rings (SSSR count). The molecule has 5 heteroatoms. The third kappa shape index (κ3) is 3.20. The Balaban J connectivity index is 2.50. The van der Waals surface area contributed by atoms with Gasteiger partial charge in [0.2, 0.25) is 11.8 Å². The quantitative estimate of drug-likeness (QED) is 0.671. The van der Waals surface area contributed by atoms with E-state index < -0.39 is 11.9 Å². The fraction of sp³-hybridized carbons (Fsp3) is 0.800. The van der Waals surface area contributed by atoms with Crippen LogP contribution in [-0.2, 0) is 14.3 Å². The summed E-state index contributed by atoms with van der Waals surface area (Å²) < 4.78 is 5.10. The van der Waals surface area contributed by atoms with Gasteiger partial charge in [-0.05, 0) is 12.3 Å². The van der Waals surface area contributed by atoms with E-state index in [1.807, 2.05) is 13.8 Å². The van der Waals surface area contributed by atoms with Gasteiger partial charge in [0.05, 0.1) is 12.5 Å². The largest absolute Gasteiger partial charge is 0.381 e. The number of nitrogens with one attached hydrogen (secondary N) is 1. The van der Waals surface area contributed by atoms with Crippen molar-refractivity contribution in [3.63, 3.8) is 0 Å². The van der Waals surface area contributed by atoms with Crippen LogP contribution in [0.1, 0.15) is 20.3 Å². The fourth-order valence-electron chi connectivity index (χ4n) is 1.58. The number of primary amides is 1. The highest BCUT2D eigenvalue weighted by molar-refractivity contribution is 5.87. The number of carbonyl (C=O) groups is 2. The Hall–Kier alpha value is -1.10. The molecule has 0 saturated carbocycles. The SMILES string of the molecule is CC(C)[C@@H](NC(=O)[C@H]1CCOC1)C(N)=O. The normalized spacial score (nSPS) is 22.7. The second-order valence-corrected chi connectivity index (χ2v) is 4.19. The number of carbonyl (C=O) groups excluding carboxylic acids is 2. The predicted octanol–water partition coefficient (Wildman–Crippen LogP) is -0.351. The van der Waals surface area contributed by atoms with E-state index in [1.165, 1.54) is 0 Å². The van der Waals surface area contributed by atoms with Crippen LogP contribution in [0, 0.1) is 11.8 Å². The van der Waals surface area contributed by atoms with Crippen LogP contribution in [-0.4, -0.2) is 31.1 Å². The number of rotatable bonds is 4. The maximum Gasteiger partial charge on any atom is 0.240 e. The van der Waals surface area contributed by atoms with E-state index in [2.05, 4.69) is 5.32 Å². The van der Waals surface area contributed by atoms with Crippen molar-refractivity contribution in [3.8, 4) is 0 Å². The monoisotopic (exact) mass is 214 g/mol. The first-order valence-electron chi connectivity index (χ1n) is 5.19. The van der Waals surface area contributed by atoms with Crippen LogP contribution in [0.15, 0.2) is 0 Å². The summed E-state index contributed by atoms with van der Waals surface area (Å²) in [4.78, 5) is 22.7. The van der Waals surface area contributed by atoms with Crippen molar-refractivity contribution < 1.29 is 14.3 Å². The maximum absolute atomic E-state index is 11.7. The van der Waals surface area contributed by atoms with Crippen LogP contribution in [0.5, 0.6) is 0 Å². The number of hydrogen-bond acceptors (Lipinski definition) is 3. The lowest BCUT2D eigenvalue weighted by Crippen LogP contribution is -2.49. The second-order valence-electron chi connectivity index (χ2n) is 4.19. The summed E-state index contributed by atoms with van der Waals surface area (Å²) in [5.41, 5.74) is 5.20. The van der Waals surface area contributed by atoms with Gasteiger partial charge in [-0.1, -0.05) is 13.8 Å². The molecule has 0 aromatic heterocycles. The van der Waals surface area contributed by atoms with Crippen LogP contribution >= 0.6 is 0 Å².